The predicted molar refractivity (Wildman–Crippen MR) is 109 cm³/mol. The highest BCUT2D eigenvalue weighted by molar-refractivity contribution is 5.81. The second-order valence-electron chi connectivity index (χ2n) is 7.01. The highest BCUT2D eigenvalue weighted by atomic mass is 14.8. The summed E-state index contributed by atoms with van der Waals surface area (Å²) in [6.07, 6.45) is 1.64. The average Bonchev–Trinajstić information content (AvgIpc) is 2.67. The van der Waals surface area contributed by atoms with Crippen LogP contribution in [0, 0.1) is 0 Å². The fraction of sp³-hybridized carbons (Fsp3) is 0.261. The third-order valence-electron chi connectivity index (χ3n) is 4.33. The van der Waals surface area contributed by atoms with Crippen LogP contribution in [0.15, 0.2) is 67.0 Å². The van der Waals surface area contributed by atoms with Crippen molar-refractivity contribution in [3.63, 3.8) is 0 Å². The van der Waals surface area contributed by atoms with E-state index in [1.807, 2.05) is 30.3 Å². The van der Waals surface area contributed by atoms with Crippen LogP contribution in [-0.4, -0.2) is 15.0 Å². The number of hydrogen-bond acceptors (Lipinski definition) is 3. The number of fused-ring (bicyclic) bond motifs is 2. The van der Waals surface area contributed by atoms with Gasteiger partial charge in [0.25, 0.3) is 0 Å². The summed E-state index contributed by atoms with van der Waals surface area (Å²) in [4.78, 5) is 13.1. The molecule has 2 heterocycles. The third kappa shape index (κ3) is 4.05. The minimum Gasteiger partial charge on any atom is -0.253 e. The van der Waals surface area contributed by atoms with Crippen molar-refractivity contribution in [2.75, 3.05) is 0 Å². The van der Waals surface area contributed by atoms with E-state index in [0.717, 1.165) is 16.7 Å². The van der Waals surface area contributed by atoms with Crippen LogP contribution in [-0.2, 0) is 0 Å². The summed E-state index contributed by atoms with van der Waals surface area (Å²) < 4.78 is 0. The summed E-state index contributed by atoms with van der Waals surface area (Å²) >= 11 is 0. The SMILES string of the molecule is CC(C)c1ccc2ccccc2n1.CC(C)c1ncnc2ccccc12. The Morgan fingerprint density at radius 1 is 0.654 bits per heavy atom. The van der Waals surface area contributed by atoms with E-state index in [1.54, 1.807) is 6.33 Å². The van der Waals surface area contributed by atoms with Crippen molar-refractivity contribution in [3.8, 4) is 0 Å². The minimum atomic E-state index is 0.452. The van der Waals surface area contributed by atoms with Crippen molar-refractivity contribution in [2.45, 2.75) is 39.5 Å². The van der Waals surface area contributed by atoms with Gasteiger partial charge in [0.1, 0.15) is 6.33 Å². The summed E-state index contributed by atoms with van der Waals surface area (Å²) in [7, 11) is 0. The molecule has 0 radical (unpaired) electrons. The number of benzene rings is 2. The molecule has 26 heavy (non-hydrogen) atoms. The van der Waals surface area contributed by atoms with Crippen LogP contribution in [0.3, 0.4) is 0 Å². The topological polar surface area (TPSA) is 38.7 Å². The maximum atomic E-state index is 4.57. The van der Waals surface area contributed by atoms with Gasteiger partial charge in [-0.05, 0) is 30.0 Å². The van der Waals surface area contributed by atoms with Crippen LogP contribution in [0.5, 0.6) is 0 Å². The Bertz CT molecular complexity index is 995. The van der Waals surface area contributed by atoms with E-state index in [9.17, 15) is 0 Å². The van der Waals surface area contributed by atoms with Gasteiger partial charge in [-0.3, -0.25) is 4.98 Å². The fourth-order valence-corrected chi connectivity index (χ4v) is 2.89. The molecule has 0 atom stereocenters. The zero-order valence-corrected chi connectivity index (χ0v) is 15.8. The Hall–Kier alpha value is -2.81. The summed E-state index contributed by atoms with van der Waals surface area (Å²) in [6, 6.07) is 20.6. The van der Waals surface area contributed by atoms with Crippen LogP contribution in [0.2, 0.25) is 0 Å². The van der Waals surface area contributed by atoms with Crippen LogP contribution < -0.4 is 0 Å². The zero-order chi connectivity index (χ0) is 18.5. The van der Waals surface area contributed by atoms with E-state index in [4.69, 9.17) is 0 Å². The van der Waals surface area contributed by atoms with Crippen LogP contribution >= 0.6 is 0 Å². The number of hydrogen-bond donors (Lipinski definition) is 0. The van der Waals surface area contributed by atoms with Crippen molar-refractivity contribution in [1.82, 2.24) is 15.0 Å². The molecule has 0 fully saturated rings. The van der Waals surface area contributed by atoms with Gasteiger partial charge < -0.3 is 0 Å². The normalized spacial score (nSPS) is 11.0. The quantitative estimate of drug-likeness (QED) is 0.440. The lowest BCUT2D eigenvalue weighted by atomic mass is 10.1. The van der Waals surface area contributed by atoms with E-state index < -0.39 is 0 Å². The lowest BCUT2D eigenvalue weighted by molar-refractivity contribution is 0.828. The molecule has 132 valence electrons. The summed E-state index contributed by atoms with van der Waals surface area (Å²) in [6.45, 7) is 8.62. The molecule has 0 aliphatic carbocycles. The minimum absolute atomic E-state index is 0.452. The lowest BCUT2D eigenvalue weighted by Gasteiger charge is -2.06. The predicted octanol–water partition coefficient (Wildman–Crippen LogP) is 6.11. The van der Waals surface area contributed by atoms with Gasteiger partial charge in [-0.2, -0.15) is 0 Å². The number of nitrogens with zero attached hydrogens (tertiary/aromatic N) is 3. The molecule has 4 rings (SSSR count). The summed E-state index contributed by atoms with van der Waals surface area (Å²) in [5.41, 5.74) is 4.42. The van der Waals surface area contributed by atoms with Crippen molar-refractivity contribution in [1.29, 1.82) is 0 Å². The maximum absolute atomic E-state index is 4.57. The van der Waals surface area contributed by atoms with Gasteiger partial charge in [-0.1, -0.05) is 70.2 Å². The molecule has 3 heteroatoms. The number of para-hydroxylation sites is 2. The van der Waals surface area contributed by atoms with E-state index in [2.05, 4.69) is 73.0 Å². The Kier molecular flexibility index (Phi) is 5.57. The number of rotatable bonds is 2. The van der Waals surface area contributed by atoms with Crippen LogP contribution in [0.25, 0.3) is 21.8 Å². The molecule has 3 nitrogen and oxygen atoms in total. The average molecular weight is 343 g/mol. The van der Waals surface area contributed by atoms with Gasteiger partial charge in [0.15, 0.2) is 0 Å². The summed E-state index contributed by atoms with van der Waals surface area (Å²) in [5.74, 6) is 0.956. The standard InChI is InChI=1S/C12H13N.C11H12N2/c1-9(2)11-8-7-10-5-3-4-6-12(10)13-11;1-8(2)11-9-5-3-4-6-10(9)12-7-13-11/h3-9H,1-2H3;3-8H,1-2H3. The maximum Gasteiger partial charge on any atom is 0.116 e. The Morgan fingerprint density at radius 3 is 2.08 bits per heavy atom. The van der Waals surface area contributed by atoms with E-state index in [-0.39, 0.29) is 0 Å². The molecule has 0 bridgehead atoms. The van der Waals surface area contributed by atoms with Gasteiger partial charge in [0, 0.05) is 16.5 Å². The number of pyridine rings is 1. The van der Waals surface area contributed by atoms with Crippen molar-refractivity contribution < 1.29 is 0 Å². The molecule has 0 saturated carbocycles. The first-order valence-electron chi connectivity index (χ1n) is 9.11. The first kappa shape index (κ1) is 18.0. The lowest BCUT2D eigenvalue weighted by Crippen LogP contribution is -1.94. The molecule has 2 aromatic carbocycles. The molecule has 0 aliphatic rings. The Labute approximate surface area is 155 Å². The van der Waals surface area contributed by atoms with E-state index >= 15 is 0 Å². The van der Waals surface area contributed by atoms with E-state index in [0.29, 0.717) is 11.8 Å². The second-order valence-corrected chi connectivity index (χ2v) is 7.01. The monoisotopic (exact) mass is 343 g/mol. The van der Waals surface area contributed by atoms with E-state index in [1.165, 1.54) is 16.5 Å². The summed E-state index contributed by atoms with van der Waals surface area (Å²) in [5, 5.41) is 2.38. The van der Waals surface area contributed by atoms with Gasteiger partial charge >= 0.3 is 0 Å². The van der Waals surface area contributed by atoms with Gasteiger partial charge in [0.05, 0.1) is 16.7 Å². The highest BCUT2D eigenvalue weighted by Crippen LogP contribution is 2.20. The first-order chi connectivity index (χ1) is 12.6. The van der Waals surface area contributed by atoms with Crippen molar-refractivity contribution >= 4 is 21.8 Å². The highest BCUT2D eigenvalue weighted by Gasteiger charge is 2.05. The molecular formula is C23H25N3. The molecule has 0 spiro atoms. The molecule has 4 aromatic rings. The van der Waals surface area contributed by atoms with Crippen molar-refractivity contribution in [2.24, 2.45) is 0 Å². The Balaban J connectivity index is 0.000000151. The molecule has 0 unspecified atom stereocenters. The largest absolute Gasteiger partial charge is 0.253 e. The van der Waals surface area contributed by atoms with Gasteiger partial charge in [-0.15, -0.1) is 0 Å². The second kappa shape index (κ2) is 8.05. The van der Waals surface area contributed by atoms with Gasteiger partial charge in [-0.25, -0.2) is 9.97 Å². The number of aromatic nitrogens is 3. The zero-order valence-electron chi connectivity index (χ0n) is 15.8. The molecular weight excluding hydrogens is 318 g/mol. The molecule has 2 aromatic heterocycles. The molecule has 0 N–H and O–H groups in total. The van der Waals surface area contributed by atoms with Crippen LogP contribution in [0.4, 0.5) is 0 Å². The molecule has 0 amide bonds. The Morgan fingerprint density at radius 2 is 1.35 bits per heavy atom. The fourth-order valence-electron chi connectivity index (χ4n) is 2.89. The smallest absolute Gasteiger partial charge is 0.116 e. The third-order valence-corrected chi connectivity index (χ3v) is 4.33. The molecule has 0 aliphatic heterocycles. The molecule has 0 saturated heterocycles. The van der Waals surface area contributed by atoms with Crippen LogP contribution in [0.1, 0.15) is 50.9 Å². The van der Waals surface area contributed by atoms with Gasteiger partial charge in [0.2, 0.25) is 0 Å². The van der Waals surface area contributed by atoms with Crippen molar-refractivity contribution in [3.05, 3.63) is 78.4 Å². The first-order valence-corrected chi connectivity index (χ1v) is 9.11.